The van der Waals surface area contributed by atoms with Gasteiger partial charge in [0, 0.05) is 9.11 Å². The lowest BCUT2D eigenvalue weighted by molar-refractivity contribution is -0.858. The van der Waals surface area contributed by atoms with Crippen molar-refractivity contribution in [2.45, 2.75) is 19.4 Å². The Bertz CT molecular complexity index is 1180. The Kier molecular flexibility index (Phi) is 1.46. The van der Waals surface area contributed by atoms with Crippen molar-refractivity contribution in [2.75, 3.05) is 20.5 Å². The van der Waals surface area contributed by atoms with Crippen molar-refractivity contribution in [1.82, 2.24) is 0 Å². The average Bonchev–Trinajstić information content (AvgIpc) is 2.80. The maximum Gasteiger partial charge on any atom is 0.129 e. The van der Waals surface area contributed by atoms with E-state index >= 15 is 0 Å². The second-order valence-electron chi connectivity index (χ2n) is 3.76. The Labute approximate surface area is 145 Å². The van der Waals surface area contributed by atoms with Gasteiger partial charge in [-0.3, -0.25) is 0 Å². The van der Waals surface area contributed by atoms with E-state index in [-0.39, 0.29) is 5.56 Å². The summed E-state index contributed by atoms with van der Waals surface area (Å²) in [5, 5.41) is 0. The number of para-hydroxylation sites is 1. The number of quaternary nitrogens is 1. The molecule has 0 saturated heterocycles. The molecule has 2 aromatic rings. The Hall–Kier alpha value is -1.80. The maximum atomic E-state index is 9.03. The summed E-state index contributed by atoms with van der Waals surface area (Å²) < 4.78 is 143. The molecule has 0 bridgehead atoms. The van der Waals surface area contributed by atoms with Crippen molar-refractivity contribution >= 4 is 0 Å². The minimum atomic E-state index is -3.82. The zero-order chi connectivity index (χ0) is 29.2. The van der Waals surface area contributed by atoms with E-state index in [1.165, 1.54) is 0 Å². The van der Waals surface area contributed by atoms with Gasteiger partial charge in [0.2, 0.25) is 0 Å². The predicted octanol–water partition coefficient (Wildman–Crippen LogP) is 2.65. The van der Waals surface area contributed by atoms with Gasteiger partial charge < -0.3 is 9.64 Å². The van der Waals surface area contributed by atoms with E-state index in [0.29, 0.717) is 0 Å². The molecule has 0 spiro atoms. The van der Waals surface area contributed by atoms with Crippen LogP contribution < -0.4 is 9.64 Å². The van der Waals surface area contributed by atoms with Crippen LogP contribution in [0.5, 0.6) is 5.75 Å². The second-order valence-corrected chi connectivity index (χ2v) is 3.76. The number of nitrogens with one attached hydrogen (secondary N) is 1. The Balaban J connectivity index is 3.10. The summed E-state index contributed by atoms with van der Waals surface area (Å²) in [6.45, 7) is -5.59. The lowest BCUT2D eigenvalue weighted by Crippen LogP contribution is -3.05. The molecule has 2 heteroatoms. The highest BCUT2D eigenvalue weighted by molar-refractivity contribution is 5.32. The van der Waals surface area contributed by atoms with Crippen LogP contribution in [0.15, 0.2) is 54.4 Å². The number of hydrogen-bond acceptors (Lipinski definition) is 1. The van der Waals surface area contributed by atoms with E-state index in [0.717, 1.165) is 14.0 Å². The molecule has 0 fully saturated rings. The largest absolute Gasteiger partial charge is 0.485 e. The van der Waals surface area contributed by atoms with E-state index in [2.05, 4.69) is 0 Å². The fraction of sp³-hybridized carbons (Fsp3) is 0.333. The quantitative estimate of drug-likeness (QED) is 0.862. The molecule has 2 atom stereocenters. The van der Waals surface area contributed by atoms with Gasteiger partial charge in [-0.1, -0.05) is 48.3 Å². The summed E-state index contributed by atoms with van der Waals surface area (Å²) >= 11 is 0. The first-order valence-corrected chi connectivity index (χ1v) is 5.66. The van der Waals surface area contributed by atoms with Crippen LogP contribution in [0.25, 0.3) is 0 Å². The van der Waals surface area contributed by atoms with Gasteiger partial charge in [-0.25, -0.2) is 0 Å². The molecule has 20 heavy (non-hydrogen) atoms. The molecule has 106 valence electrons. The first-order valence-electron chi connectivity index (χ1n) is 14.2. The first kappa shape index (κ1) is 4.11. The Morgan fingerprint density at radius 2 is 1.95 bits per heavy atom. The Morgan fingerprint density at radius 1 is 1.25 bits per heavy atom. The van der Waals surface area contributed by atoms with E-state index in [9.17, 15) is 0 Å². The summed E-state index contributed by atoms with van der Waals surface area (Å²) in [5.74, 6) is -0.848. The van der Waals surface area contributed by atoms with Gasteiger partial charge in [0.1, 0.15) is 11.8 Å². The minimum absolute atomic E-state index is 0.345. The summed E-state index contributed by atoms with van der Waals surface area (Å²) in [6, 6.07) is -8.35. The number of hydrogen-bond donors (Lipinski definition) is 1. The first-order chi connectivity index (χ1) is 16.5. The number of ether oxygens (including phenoxy) is 1. The fourth-order valence-corrected chi connectivity index (χ4v) is 1.22. The highest BCUT2D eigenvalue weighted by atomic mass is 16.5. The Morgan fingerprint density at radius 3 is 2.70 bits per heavy atom. The van der Waals surface area contributed by atoms with Crippen LogP contribution >= 0.6 is 0 Å². The van der Waals surface area contributed by atoms with Gasteiger partial charge >= 0.3 is 0 Å². The number of rotatable bonds is 6. The van der Waals surface area contributed by atoms with Crippen molar-refractivity contribution in [3.05, 3.63) is 65.5 Å². The van der Waals surface area contributed by atoms with Crippen molar-refractivity contribution in [2.24, 2.45) is 0 Å². The smallest absolute Gasteiger partial charge is 0.129 e. The van der Waals surface area contributed by atoms with Crippen LogP contribution in [0.4, 0.5) is 0 Å². The van der Waals surface area contributed by atoms with Gasteiger partial charge in [-0.2, -0.15) is 0 Å². The van der Waals surface area contributed by atoms with Crippen molar-refractivity contribution in [3.63, 3.8) is 0 Å². The third kappa shape index (κ3) is 4.10. The topological polar surface area (TPSA) is 13.7 Å². The second kappa shape index (κ2) is 7.11. The summed E-state index contributed by atoms with van der Waals surface area (Å²) in [7, 11) is 0.771. The van der Waals surface area contributed by atoms with Crippen LogP contribution in [0.2, 0.25) is 0 Å². The molecule has 1 unspecified atom stereocenters. The number of benzene rings is 2. The van der Waals surface area contributed by atoms with Gasteiger partial charge in [0.05, 0.1) is 41.1 Å². The molecule has 0 saturated carbocycles. The maximum absolute atomic E-state index is 9.03. The zero-order valence-electron chi connectivity index (χ0n) is 27.9. The van der Waals surface area contributed by atoms with Gasteiger partial charge in [0.15, 0.2) is 0 Å². The molecule has 2 aromatic carbocycles. The monoisotopic (exact) mass is 287 g/mol. The average molecular weight is 287 g/mol. The van der Waals surface area contributed by atoms with Crippen LogP contribution in [0.1, 0.15) is 46.9 Å². The van der Waals surface area contributed by atoms with E-state index < -0.39 is 96.5 Å². The van der Waals surface area contributed by atoms with Crippen molar-refractivity contribution in [1.29, 1.82) is 0 Å². The lowest BCUT2D eigenvalue weighted by Gasteiger charge is -2.21. The van der Waals surface area contributed by atoms with Crippen molar-refractivity contribution < 1.29 is 32.9 Å². The predicted molar refractivity (Wildman–Crippen MR) is 83.3 cm³/mol. The van der Waals surface area contributed by atoms with Gasteiger partial charge in [-0.15, -0.1) is 0 Å². The molecule has 1 N–H and O–H groups in total. The SMILES string of the molecule is [2H]c1c([2H])c([2H])c([C@]([2H])(Oc2c([2H])c([2H])c([2H])c([2H])c2C)C([2H])([2H])C([2H])([2H])[NH+](C)C([2H])([2H])[2H])c([2H])c1[2H]. The molecule has 0 aliphatic rings. The zero-order valence-corrected chi connectivity index (χ0v) is 10.9. The molecule has 0 radical (unpaired) electrons. The highest BCUT2D eigenvalue weighted by Crippen LogP contribution is 2.26. The molecule has 0 aliphatic heterocycles. The third-order valence-electron chi connectivity index (χ3n) is 2.12. The van der Waals surface area contributed by atoms with Gasteiger partial charge in [-0.05, 0) is 24.1 Å². The van der Waals surface area contributed by atoms with Crippen LogP contribution in [0, 0.1) is 6.92 Å². The normalized spacial score (nSPS) is 29.6. The molecule has 0 heterocycles. The molecular weight excluding hydrogens is 246 g/mol. The standard InChI is InChI=1S/C18H23NO/c1-15-9-7-8-12-17(15)20-18(13-14-19(2)3)16-10-5-4-6-11-16/h4-12,18H,13-14H2,1-3H3/p+1/t18-/m1/s1/i2D3,4D,5D,6D,7D,8D,9D,10D,11D,12D,13D2,14D2,18D. The fourth-order valence-electron chi connectivity index (χ4n) is 1.22. The molecule has 0 amide bonds. The van der Waals surface area contributed by atoms with E-state index in [1.807, 2.05) is 0 Å². The molecular formula is C18H24NO+. The summed E-state index contributed by atoms with van der Waals surface area (Å²) in [5.41, 5.74) is -1.54. The molecule has 0 aliphatic carbocycles. The lowest BCUT2D eigenvalue weighted by atomic mass is 10.1. The third-order valence-corrected chi connectivity index (χ3v) is 2.12. The van der Waals surface area contributed by atoms with E-state index in [1.54, 1.807) is 0 Å². The van der Waals surface area contributed by atoms with Crippen LogP contribution in [-0.2, 0) is 0 Å². The van der Waals surface area contributed by atoms with Crippen LogP contribution in [-0.4, -0.2) is 20.5 Å². The minimum Gasteiger partial charge on any atom is -0.485 e. The summed E-state index contributed by atoms with van der Waals surface area (Å²) in [6.07, 6.45) is -7.49. The van der Waals surface area contributed by atoms with E-state index in [4.69, 9.17) is 28.0 Å². The van der Waals surface area contributed by atoms with Crippen molar-refractivity contribution in [3.8, 4) is 5.75 Å². The van der Waals surface area contributed by atoms with Gasteiger partial charge in [0.25, 0.3) is 0 Å². The molecule has 2 rings (SSSR count). The molecule has 0 aromatic heterocycles. The van der Waals surface area contributed by atoms with Crippen LogP contribution in [0.3, 0.4) is 0 Å². The summed E-state index contributed by atoms with van der Waals surface area (Å²) in [4.78, 5) is -1.07. The highest BCUT2D eigenvalue weighted by Gasteiger charge is 2.15. The molecule has 2 nitrogen and oxygen atoms in total.